The van der Waals surface area contributed by atoms with Gasteiger partial charge in [0.15, 0.2) is 6.04 Å². The highest BCUT2D eigenvalue weighted by Gasteiger charge is 2.28. The Bertz CT molecular complexity index is 889. The van der Waals surface area contributed by atoms with E-state index in [9.17, 15) is 4.79 Å². The lowest BCUT2D eigenvalue weighted by Gasteiger charge is -2.18. The molecule has 0 amide bonds. The normalized spacial score (nSPS) is 12.3. The quantitative estimate of drug-likeness (QED) is 0.395. The molecule has 0 aliphatic carbocycles. The third-order valence-corrected chi connectivity index (χ3v) is 4.37. The van der Waals surface area contributed by atoms with E-state index in [0.717, 1.165) is 13.1 Å². The Morgan fingerprint density at radius 3 is 2.39 bits per heavy atom. The molecule has 0 N–H and O–H groups in total. The summed E-state index contributed by atoms with van der Waals surface area (Å²) in [6.07, 6.45) is 0.446. The largest absolute Gasteiger partial charge is 0.425 e. The lowest BCUT2D eigenvalue weighted by Crippen LogP contribution is -2.28. The molecule has 148 valence electrons. The van der Waals surface area contributed by atoms with E-state index < -0.39 is 12.0 Å². The Morgan fingerprint density at radius 1 is 1.04 bits per heavy atom. The highest BCUT2D eigenvalue weighted by molar-refractivity contribution is 5.77. The van der Waals surface area contributed by atoms with E-state index in [1.165, 1.54) is 4.68 Å². The third kappa shape index (κ3) is 4.19. The summed E-state index contributed by atoms with van der Waals surface area (Å²) in [5, 5.41) is 23.6. The molecule has 0 saturated carbocycles. The number of nitrogens with zero attached hydrogens (tertiary/aromatic N) is 9. The zero-order valence-electron chi connectivity index (χ0n) is 16.1. The number of carbonyl (C=O) groups is 1. The average molecular weight is 385 g/mol. The van der Waals surface area contributed by atoms with Gasteiger partial charge in [0.2, 0.25) is 11.6 Å². The molecule has 0 saturated heterocycles. The fourth-order valence-electron chi connectivity index (χ4n) is 2.74. The van der Waals surface area contributed by atoms with Gasteiger partial charge in [-0.2, -0.15) is 0 Å². The van der Waals surface area contributed by atoms with Gasteiger partial charge in [-0.15, -0.1) is 10.2 Å². The molecule has 3 rings (SSSR count). The maximum Gasteiger partial charge on any atom is 0.336 e. The van der Waals surface area contributed by atoms with Crippen LogP contribution in [0.1, 0.15) is 33.2 Å². The minimum absolute atomic E-state index is 0.314. The van der Waals surface area contributed by atoms with Gasteiger partial charge in [0, 0.05) is 0 Å². The maximum absolute atomic E-state index is 12.7. The van der Waals surface area contributed by atoms with Crippen LogP contribution in [0.25, 0.3) is 11.6 Å². The van der Waals surface area contributed by atoms with Crippen molar-refractivity contribution in [3.8, 4) is 17.4 Å². The first kappa shape index (κ1) is 19.5. The molecule has 28 heavy (non-hydrogen) atoms. The second-order valence-electron chi connectivity index (χ2n) is 6.05. The molecule has 2 aromatic heterocycles. The first-order valence-electron chi connectivity index (χ1n) is 9.21. The smallest absolute Gasteiger partial charge is 0.336 e. The first-order valence-corrected chi connectivity index (χ1v) is 9.21. The van der Waals surface area contributed by atoms with Crippen LogP contribution < -0.4 is 4.74 Å². The average Bonchev–Trinajstić information content (AvgIpc) is 3.36. The van der Waals surface area contributed by atoms with Crippen LogP contribution in [0.5, 0.6) is 5.75 Å². The highest BCUT2D eigenvalue weighted by atomic mass is 16.5. The molecule has 3 aromatic rings. The fourth-order valence-corrected chi connectivity index (χ4v) is 2.74. The van der Waals surface area contributed by atoms with E-state index in [4.69, 9.17) is 4.74 Å². The van der Waals surface area contributed by atoms with Gasteiger partial charge in [0.25, 0.3) is 0 Å². The van der Waals surface area contributed by atoms with E-state index in [1.807, 2.05) is 13.0 Å². The van der Waals surface area contributed by atoms with Crippen molar-refractivity contribution < 1.29 is 9.53 Å². The van der Waals surface area contributed by atoms with Crippen LogP contribution in [0, 0.1) is 0 Å². The summed E-state index contributed by atoms with van der Waals surface area (Å²) in [6.45, 7) is 8.17. The third-order valence-electron chi connectivity index (χ3n) is 4.37. The van der Waals surface area contributed by atoms with Crippen molar-refractivity contribution in [2.75, 3.05) is 13.1 Å². The summed E-state index contributed by atoms with van der Waals surface area (Å²) in [5.41, 5.74) is 0. The minimum atomic E-state index is -0.705. The van der Waals surface area contributed by atoms with Crippen molar-refractivity contribution in [3.63, 3.8) is 0 Å². The molecular formula is C17H23N9O2. The van der Waals surface area contributed by atoms with Gasteiger partial charge < -0.3 is 4.74 Å². The minimum Gasteiger partial charge on any atom is -0.425 e. The Morgan fingerprint density at radius 2 is 1.71 bits per heavy atom. The summed E-state index contributed by atoms with van der Waals surface area (Å²) in [5.74, 6) is 0.717. The summed E-state index contributed by atoms with van der Waals surface area (Å²) < 4.78 is 8.50. The van der Waals surface area contributed by atoms with Gasteiger partial charge in [-0.25, -0.2) is 14.2 Å². The van der Waals surface area contributed by atoms with Crippen molar-refractivity contribution in [2.45, 2.75) is 39.9 Å². The summed E-state index contributed by atoms with van der Waals surface area (Å²) >= 11 is 0. The molecule has 0 spiro atoms. The summed E-state index contributed by atoms with van der Waals surface area (Å²) in [4.78, 5) is 14.9. The predicted molar refractivity (Wildman–Crippen MR) is 99.0 cm³/mol. The number of para-hydroxylation sites is 1. The molecule has 0 fully saturated rings. The molecule has 1 aromatic carbocycles. The van der Waals surface area contributed by atoms with E-state index >= 15 is 0 Å². The zero-order valence-corrected chi connectivity index (χ0v) is 16.1. The molecule has 1 unspecified atom stereocenters. The van der Waals surface area contributed by atoms with Crippen molar-refractivity contribution in [1.29, 1.82) is 0 Å². The van der Waals surface area contributed by atoms with E-state index in [0.29, 0.717) is 30.5 Å². The van der Waals surface area contributed by atoms with Crippen LogP contribution in [0.2, 0.25) is 0 Å². The van der Waals surface area contributed by atoms with Crippen LogP contribution in [-0.4, -0.2) is 64.4 Å². The molecule has 2 heterocycles. The Kier molecular flexibility index (Phi) is 6.37. The van der Waals surface area contributed by atoms with Gasteiger partial charge >= 0.3 is 5.97 Å². The van der Waals surface area contributed by atoms with Gasteiger partial charge in [-0.1, -0.05) is 39.0 Å². The molecule has 1 atom stereocenters. The second kappa shape index (κ2) is 9.13. The van der Waals surface area contributed by atoms with Crippen molar-refractivity contribution in [1.82, 2.24) is 45.3 Å². The van der Waals surface area contributed by atoms with E-state index in [-0.39, 0.29) is 0 Å². The molecule has 0 radical (unpaired) electrons. The van der Waals surface area contributed by atoms with Gasteiger partial charge in [0.1, 0.15) is 5.75 Å². The number of carbonyl (C=O) groups excluding carboxylic acids is 1. The summed E-state index contributed by atoms with van der Waals surface area (Å²) in [7, 11) is 0. The van der Waals surface area contributed by atoms with Crippen molar-refractivity contribution in [3.05, 3.63) is 30.3 Å². The number of esters is 1. The Balaban J connectivity index is 1.86. The number of ether oxygens (including phenoxy) is 1. The topological polar surface area (TPSA) is 117 Å². The number of hydrogen-bond acceptors (Lipinski definition) is 9. The van der Waals surface area contributed by atoms with Crippen molar-refractivity contribution in [2.24, 2.45) is 0 Å². The predicted octanol–water partition coefficient (Wildman–Crippen LogP) is 1.18. The van der Waals surface area contributed by atoms with Gasteiger partial charge in [-0.3, -0.25) is 4.90 Å². The fraction of sp³-hybridized carbons (Fsp3) is 0.471. The second-order valence-corrected chi connectivity index (χ2v) is 6.05. The summed E-state index contributed by atoms with van der Waals surface area (Å²) in [6, 6.07) is 8.18. The van der Waals surface area contributed by atoms with E-state index in [2.05, 4.69) is 49.8 Å². The highest BCUT2D eigenvalue weighted by Crippen LogP contribution is 2.21. The van der Waals surface area contributed by atoms with Gasteiger partial charge in [0.05, 0.1) is 6.67 Å². The number of hydrogen-bond donors (Lipinski definition) is 0. The number of aromatic nitrogens is 8. The molecule has 11 nitrogen and oxygen atoms in total. The number of tetrazole rings is 2. The number of benzene rings is 1. The SMILES string of the molecule is CCC(C(=O)Oc1ccccc1)n1nnnc1-c1nnnn1CN(CC)CC. The lowest BCUT2D eigenvalue weighted by atomic mass is 10.2. The van der Waals surface area contributed by atoms with Crippen LogP contribution >= 0.6 is 0 Å². The van der Waals surface area contributed by atoms with Crippen molar-refractivity contribution >= 4 is 5.97 Å². The van der Waals surface area contributed by atoms with Crippen LogP contribution in [0.15, 0.2) is 30.3 Å². The van der Waals surface area contributed by atoms with Crippen LogP contribution in [-0.2, 0) is 11.5 Å². The molecule has 11 heteroatoms. The van der Waals surface area contributed by atoms with E-state index in [1.54, 1.807) is 28.9 Å². The van der Waals surface area contributed by atoms with Crippen LogP contribution in [0.4, 0.5) is 0 Å². The lowest BCUT2D eigenvalue weighted by molar-refractivity contribution is -0.138. The first-order chi connectivity index (χ1) is 13.7. The Labute approximate surface area is 162 Å². The standard InChI is InChI=1S/C17H23N9O2/c1-4-14(17(27)28-13-10-8-7-9-11-13)26-16(19-21-23-26)15-18-20-22-25(15)12-24(5-2)6-3/h7-11,14H,4-6,12H2,1-3H3. The van der Waals surface area contributed by atoms with Crippen LogP contribution in [0.3, 0.4) is 0 Å². The molecule has 0 aliphatic rings. The monoisotopic (exact) mass is 385 g/mol. The molecule has 0 bridgehead atoms. The number of rotatable bonds is 9. The Hall–Kier alpha value is -3.21. The molecule has 0 aliphatic heterocycles. The molecular weight excluding hydrogens is 362 g/mol. The van der Waals surface area contributed by atoms with Gasteiger partial charge in [-0.05, 0) is 52.5 Å². The maximum atomic E-state index is 12.7. The zero-order chi connectivity index (χ0) is 19.9.